The number of aromatic amines is 1. The highest BCUT2D eigenvalue weighted by molar-refractivity contribution is 6.34. The van der Waals surface area contributed by atoms with Crippen molar-refractivity contribution < 1.29 is 9.53 Å². The van der Waals surface area contributed by atoms with E-state index in [0.717, 1.165) is 45.6 Å². The second-order valence-corrected chi connectivity index (χ2v) is 8.88. The number of hydrogen-bond donors (Lipinski definition) is 2. The zero-order valence-corrected chi connectivity index (χ0v) is 20.5. The van der Waals surface area contributed by atoms with Gasteiger partial charge in [0, 0.05) is 54.6 Å². The van der Waals surface area contributed by atoms with Crippen molar-refractivity contribution in [3.8, 4) is 28.0 Å². The number of ether oxygens (including phenoxy) is 1. The van der Waals surface area contributed by atoms with Gasteiger partial charge in [0.25, 0.3) is 5.91 Å². The normalized spacial score (nSPS) is 11.2. The van der Waals surface area contributed by atoms with E-state index in [1.165, 1.54) is 0 Å². The van der Waals surface area contributed by atoms with Gasteiger partial charge in [-0.2, -0.15) is 0 Å². The number of nitrogens with one attached hydrogen (secondary N) is 1. The van der Waals surface area contributed by atoms with Crippen molar-refractivity contribution >= 4 is 34.2 Å². The third kappa shape index (κ3) is 4.58. The van der Waals surface area contributed by atoms with E-state index < -0.39 is 0 Å². The molecule has 176 valence electrons. The molecule has 0 bridgehead atoms. The van der Waals surface area contributed by atoms with Crippen molar-refractivity contribution in [1.29, 1.82) is 0 Å². The fraction of sp³-hybridized carbons (Fsp3) is 0.231. The van der Waals surface area contributed by atoms with Crippen molar-refractivity contribution in [2.75, 3.05) is 47.1 Å². The van der Waals surface area contributed by atoms with Gasteiger partial charge in [-0.05, 0) is 43.9 Å². The van der Waals surface area contributed by atoms with Crippen LogP contribution in [0, 0.1) is 0 Å². The van der Waals surface area contributed by atoms with E-state index >= 15 is 0 Å². The Balaban J connectivity index is 1.77. The van der Waals surface area contributed by atoms with Crippen LogP contribution in [-0.4, -0.2) is 67.0 Å². The number of carbonyl (C=O) groups excluding carboxylic acids is 1. The minimum absolute atomic E-state index is 0.173. The number of nitrogens with two attached hydrogens (primary N) is 1. The fourth-order valence-electron chi connectivity index (χ4n) is 3.87. The van der Waals surface area contributed by atoms with E-state index in [0.29, 0.717) is 17.1 Å². The first-order valence-electron chi connectivity index (χ1n) is 10.9. The fourth-order valence-corrected chi connectivity index (χ4v) is 4.09. The van der Waals surface area contributed by atoms with Crippen molar-refractivity contribution in [2.24, 2.45) is 0 Å². The molecule has 4 aromatic rings. The second-order valence-electron chi connectivity index (χ2n) is 8.47. The standard InChI is InChI=1S/C26H28ClN5O2/c1-31(2)9-10-32(3)26(33)20-11-16(13-22(27)24(20)28)17-12-19-21(15-30-25(19)29-14-17)18-7-5-6-8-23(18)34-4/h5-8,11-15H,9-10,28H2,1-4H3,(H,29,30). The molecule has 0 fully saturated rings. The Hall–Kier alpha value is -3.55. The molecule has 0 saturated carbocycles. The van der Waals surface area contributed by atoms with Gasteiger partial charge in [0.1, 0.15) is 11.4 Å². The molecule has 2 aromatic carbocycles. The zero-order valence-electron chi connectivity index (χ0n) is 19.7. The SMILES string of the molecule is COc1ccccc1-c1c[nH]c2ncc(-c3cc(Cl)c(N)c(C(=O)N(C)CCN(C)C)c3)cc12. The predicted molar refractivity (Wildman–Crippen MR) is 138 cm³/mol. The minimum Gasteiger partial charge on any atom is -0.496 e. The number of rotatable bonds is 7. The number of para-hydroxylation sites is 1. The van der Waals surface area contributed by atoms with Crippen molar-refractivity contribution in [1.82, 2.24) is 19.8 Å². The van der Waals surface area contributed by atoms with Crippen LogP contribution in [-0.2, 0) is 0 Å². The lowest BCUT2D eigenvalue weighted by atomic mass is 9.99. The van der Waals surface area contributed by atoms with Gasteiger partial charge in [0.05, 0.1) is 23.4 Å². The molecule has 2 aromatic heterocycles. The first-order valence-corrected chi connectivity index (χ1v) is 11.3. The number of nitrogens with zero attached hydrogens (tertiary/aromatic N) is 3. The number of likely N-dealkylation sites (N-methyl/N-ethyl adjacent to an activating group) is 2. The Morgan fingerprint density at radius 1 is 1.09 bits per heavy atom. The van der Waals surface area contributed by atoms with E-state index in [1.54, 1.807) is 37.4 Å². The van der Waals surface area contributed by atoms with Gasteiger partial charge in [-0.3, -0.25) is 4.79 Å². The summed E-state index contributed by atoms with van der Waals surface area (Å²) >= 11 is 6.46. The number of benzene rings is 2. The van der Waals surface area contributed by atoms with Gasteiger partial charge < -0.3 is 25.3 Å². The summed E-state index contributed by atoms with van der Waals surface area (Å²) in [7, 11) is 7.35. The van der Waals surface area contributed by atoms with Gasteiger partial charge >= 0.3 is 0 Å². The molecular weight excluding hydrogens is 450 g/mol. The first-order chi connectivity index (χ1) is 16.3. The molecule has 0 saturated heterocycles. The third-order valence-electron chi connectivity index (χ3n) is 5.85. The summed E-state index contributed by atoms with van der Waals surface area (Å²) in [5.74, 6) is 0.603. The molecule has 0 radical (unpaired) electrons. The molecule has 0 aliphatic heterocycles. The number of H-pyrrole nitrogens is 1. The maximum Gasteiger partial charge on any atom is 0.255 e. The quantitative estimate of drug-likeness (QED) is 0.374. The highest BCUT2D eigenvalue weighted by Crippen LogP contribution is 2.37. The molecule has 0 spiro atoms. The Bertz CT molecular complexity index is 1350. The number of hydrogen-bond acceptors (Lipinski definition) is 5. The Morgan fingerprint density at radius 2 is 1.85 bits per heavy atom. The second kappa shape index (κ2) is 9.75. The van der Waals surface area contributed by atoms with Crippen LogP contribution >= 0.6 is 11.6 Å². The van der Waals surface area contributed by atoms with E-state index in [1.807, 2.05) is 55.5 Å². The van der Waals surface area contributed by atoms with E-state index in [-0.39, 0.29) is 11.6 Å². The molecular formula is C26H28ClN5O2. The molecule has 0 aliphatic carbocycles. The predicted octanol–water partition coefficient (Wildman–Crippen LogP) is 4.77. The molecule has 0 aliphatic rings. The average molecular weight is 478 g/mol. The molecule has 3 N–H and O–H groups in total. The lowest BCUT2D eigenvalue weighted by Crippen LogP contribution is -2.33. The zero-order chi connectivity index (χ0) is 24.4. The van der Waals surface area contributed by atoms with Crippen LogP contribution in [0.2, 0.25) is 5.02 Å². The summed E-state index contributed by atoms with van der Waals surface area (Å²) in [6.07, 6.45) is 3.68. The highest BCUT2D eigenvalue weighted by atomic mass is 35.5. The van der Waals surface area contributed by atoms with Crippen molar-refractivity contribution in [3.05, 3.63) is 65.4 Å². The number of halogens is 1. The summed E-state index contributed by atoms with van der Waals surface area (Å²) in [4.78, 5) is 24.6. The largest absolute Gasteiger partial charge is 0.496 e. The minimum atomic E-state index is -0.173. The van der Waals surface area contributed by atoms with Gasteiger partial charge in [0.2, 0.25) is 0 Å². The van der Waals surface area contributed by atoms with E-state index in [2.05, 4.69) is 9.97 Å². The van der Waals surface area contributed by atoms with Crippen LogP contribution in [0.3, 0.4) is 0 Å². The van der Waals surface area contributed by atoms with Gasteiger partial charge in [0.15, 0.2) is 0 Å². The number of nitrogen functional groups attached to an aromatic ring is 1. The smallest absolute Gasteiger partial charge is 0.255 e. The number of anilines is 1. The van der Waals surface area contributed by atoms with Crippen LogP contribution < -0.4 is 10.5 Å². The summed E-state index contributed by atoms with van der Waals surface area (Å²) in [5.41, 5.74) is 11.1. The number of carbonyl (C=O) groups is 1. The maximum absolute atomic E-state index is 13.1. The highest BCUT2D eigenvalue weighted by Gasteiger charge is 2.19. The van der Waals surface area contributed by atoms with Crippen LogP contribution in [0.15, 0.2) is 54.9 Å². The Morgan fingerprint density at radius 3 is 2.59 bits per heavy atom. The summed E-state index contributed by atoms with van der Waals surface area (Å²) in [5, 5.41) is 1.27. The number of amides is 1. The van der Waals surface area contributed by atoms with Crippen LogP contribution in [0.4, 0.5) is 5.69 Å². The third-order valence-corrected chi connectivity index (χ3v) is 6.16. The van der Waals surface area contributed by atoms with Crippen LogP contribution in [0.1, 0.15) is 10.4 Å². The van der Waals surface area contributed by atoms with E-state index in [4.69, 9.17) is 22.1 Å². The number of methoxy groups -OCH3 is 1. The van der Waals surface area contributed by atoms with Crippen LogP contribution in [0.5, 0.6) is 5.75 Å². The number of fused-ring (bicyclic) bond motifs is 1. The summed E-state index contributed by atoms with van der Waals surface area (Å²) in [6, 6.07) is 13.4. The molecule has 0 unspecified atom stereocenters. The molecule has 8 heteroatoms. The summed E-state index contributed by atoms with van der Waals surface area (Å²) in [6.45, 7) is 1.32. The van der Waals surface area contributed by atoms with Crippen molar-refractivity contribution in [3.63, 3.8) is 0 Å². The van der Waals surface area contributed by atoms with E-state index in [9.17, 15) is 4.79 Å². The monoisotopic (exact) mass is 477 g/mol. The van der Waals surface area contributed by atoms with Crippen LogP contribution in [0.25, 0.3) is 33.3 Å². The molecule has 34 heavy (non-hydrogen) atoms. The number of aromatic nitrogens is 2. The van der Waals surface area contributed by atoms with Crippen molar-refractivity contribution in [2.45, 2.75) is 0 Å². The molecule has 7 nitrogen and oxygen atoms in total. The lowest BCUT2D eigenvalue weighted by Gasteiger charge is -2.21. The van der Waals surface area contributed by atoms with Gasteiger partial charge in [-0.15, -0.1) is 0 Å². The average Bonchev–Trinajstić information content (AvgIpc) is 3.26. The number of pyridine rings is 1. The molecule has 4 rings (SSSR count). The Kier molecular flexibility index (Phi) is 6.77. The first kappa shape index (κ1) is 23.6. The Labute approximate surface area is 204 Å². The molecule has 0 atom stereocenters. The molecule has 2 heterocycles. The lowest BCUT2D eigenvalue weighted by molar-refractivity contribution is 0.0787. The molecule has 1 amide bonds. The van der Waals surface area contributed by atoms with Gasteiger partial charge in [-0.25, -0.2) is 4.98 Å². The maximum atomic E-state index is 13.1. The van der Waals surface area contributed by atoms with Gasteiger partial charge in [-0.1, -0.05) is 29.8 Å². The summed E-state index contributed by atoms with van der Waals surface area (Å²) < 4.78 is 5.55. The topological polar surface area (TPSA) is 87.5 Å².